The third-order valence-corrected chi connectivity index (χ3v) is 4.81. The Bertz CT molecular complexity index is 657. The van der Waals surface area contributed by atoms with Crippen molar-refractivity contribution in [1.82, 2.24) is 0 Å². The fraction of sp³-hybridized carbons (Fsp3) is 0.286. The Morgan fingerprint density at radius 1 is 1.48 bits per heavy atom. The number of nitro groups is 1. The number of thiophene rings is 1. The summed E-state index contributed by atoms with van der Waals surface area (Å²) in [5.74, 6) is 0. The highest BCUT2D eigenvalue weighted by Crippen LogP contribution is 2.40. The molecule has 1 heterocycles. The second-order valence-corrected chi connectivity index (χ2v) is 6.19. The lowest BCUT2D eigenvalue weighted by molar-refractivity contribution is -0.383. The highest BCUT2D eigenvalue weighted by atomic mass is 35.5. The molecule has 0 aliphatic heterocycles. The Hall–Kier alpha value is -1.63. The van der Waals surface area contributed by atoms with Gasteiger partial charge < -0.3 is 10.0 Å². The van der Waals surface area contributed by atoms with Crippen molar-refractivity contribution < 1.29 is 10.0 Å². The van der Waals surface area contributed by atoms with Crippen LogP contribution in [0.15, 0.2) is 30.3 Å². The molecular formula is C14H15ClN2O3S. The van der Waals surface area contributed by atoms with E-state index in [1.54, 1.807) is 24.9 Å². The largest absolute Gasteiger partial charge is 0.388 e. The number of halogens is 1. The minimum atomic E-state index is -0.726. The van der Waals surface area contributed by atoms with Crippen molar-refractivity contribution in [2.45, 2.75) is 19.6 Å². The Labute approximate surface area is 131 Å². The van der Waals surface area contributed by atoms with Crippen molar-refractivity contribution in [3.63, 3.8) is 0 Å². The molecule has 0 bridgehead atoms. The molecule has 0 fully saturated rings. The van der Waals surface area contributed by atoms with Gasteiger partial charge in [-0.25, -0.2) is 0 Å². The molecule has 0 unspecified atom stereocenters. The van der Waals surface area contributed by atoms with Crippen LogP contribution in [0.5, 0.6) is 0 Å². The van der Waals surface area contributed by atoms with E-state index in [2.05, 4.69) is 0 Å². The zero-order chi connectivity index (χ0) is 15.6. The molecule has 0 amide bonds. The summed E-state index contributed by atoms with van der Waals surface area (Å²) in [7, 11) is 1.77. The zero-order valence-electron chi connectivity index (χ0n) is 11.6. The number of nitrogens with zero attached hydrogens (tertiary/aromatic N) is 2. The van der Waals surface area contributed by atoms with Crippen LogP contribution >= 0.6 is 22.9 Å². The van der Waals surface area contributed by atoms with E-state index in [4.69, 9.17) is 11.6 Å². The molecule has 0 saturated carbocycles. The standard InChI is InChI=1S/C14H15ClN2O3S/c1-9(18)13-7-12(17(19)20)14(21-13)16(2)8-10-5-3-4-6-11(10)15/h3-7,9,18H,8H2,1-2H3/t9-/m1/s1. The van der Waals surface area contributed by atoms with Gasteiger partial charge in [-0.05, 0) is 18.6 Å². The predicted octanol–water partition coefficient (Wildman–Crippen LogP) is 4.00. The average molecular weight is 327 g/mol. The van der Waals surface area contributed by atoms with Crippen LogP contribution in [0.4, 0.5) is 10.7 Å². The van der Waals surface area contributed by atoms with E-state index in [1.165, 1.54) is 17.4 Å². The van der Waals surface area contributed by atoms with Crippen molar-refractivity contribution >= 4 is 33.6 Å². The van der Waals surface area contributed by atoms with E-state index < -0.39 is 11.0 Å². The van der Waals surface area contributed by atoms with Crippen LogP contribution in [0, 0.1) is 10.1 Å². The summed E-state index contributed by atoms with van der Waals surface area (Å²) < 4.78 is 0. The highest BCUT2D eigenvalue weighted by molar-refractivity contribution is 7.16. The van der Waals surface area contributed by atoms with Crippen molar-refractivity contribution in [2.24, 2.45) is 0 Å². The molecule has 0 aliphatic rings. The smallest absolute Gasteiger partial charge is 0.304 e. The molecule has 0 aliphatic carbocycles. The van der Waals surface area contributed by atoms with E-state index in [-0.39, 0.29) is 5.69 Å². The molecule has 1 aromatic carbocycles. The molecule has 0 radical (unpaired) electrons. The van der Waals surface area contributed by atoms with E-state index in [0.29, 0.717) is 21.4 Å². The maximum Gasteiger partial charge on any atom is 0.304 e. The summed E-state index contributed by atoms with van der Waals surface area (Å²) in [6.45, 7) is 2.05. The van der Waals surface area contributed by atoms with Gasteiger partial charge in [0.2, 0.25) is 0 Å². The molecule has 7 heteroatoms. The second-order valence-electron chi connectivity index (χ2n) is 4.72. The molecule has 2 aromatic rings. The van der Waals surface area contributed by atoms with Crippen LogP contribution in [0.25, 0.3) is 0 Å². The summed E-state index contributed by atoms with van der Waals surface area (Å²) in [5.41, 5.74) is 0.897. The summed E-state index contributed by atoms with van der Waals surface area (Å²) in [6.07, 6.45) is -0.726. The third-order valence-electron chi connectivity index (χ3n) is 3.03. The van der Waals surface area contributed by atoms with Crippen LogP contribution in [-0.4, -0.2) is 17.1 Å². The Morgan fingerprint density at radius 3 is 2.71 bits per heavy atom. The van der Waals surface area contributed by atoms with Crippen molar-refractivity contribution in [3.8, 4) is 0 Å². The zero-order valence-corrected chi connectivity index (χ0v) is 13.2. The van der Waals surface area contributed by atoms with Crippen molar-refractivity contribution in [1.29, 1.82) is 0 Å². The average Bonchev–Trinajstić information content (AvgIpc) is 2.87. The number of aliphatic hydroxyl groups is 1. The lowest BCUT2D eigenvalue weighted by atomic mass is 10.2. The fourth-order valence-electron chi connectivity index (χ4n) is 1.95. The Balaban J connectivity index is 2.32. The fourth-order valence-corrected chi connectivity index (χ4v) is 3.17. The molecule has 2 rings (SSSR count). The van der Waals surface area contributed by atoms with Gasteiger partial charge in [0.1, 0.15) is 0 Å². The van der Waals surface area contributed by atoms with Gasteiger partial charge in [0.25, 0.3) is 0 Å². The quantitative estimate of drug-likeness (QED) is 0.666. The first-order valence-corrected chi connectivity index (χ1v) is 7.50. The first-order valence-electron chi connectivity index (χ1n) is 6.31. The molecule has 1 atom stereocenters. The molecule has 112 valence electrons. The summed E-state index contributed by atoms with van der Waals surface area (Å²) in [4.78, 5) is 13.1. The summed E-state index contributed by atoms with van der Waals surface area (Å²) >= 11 is 7.34. The van der Waals surface area contributed by atoms with E-state index in [1.807, 2.05) is 18.2 Å². The highest BCUT2D eigenvalue weighted by Gasteiger charge is 2.24. The van der Waals surface area contributed by atoms with Gasteiger partial charge in [0, 0.05) is 29.6 Å². The number of aliphatic hydroxyl groups excluding tert-OH is 1. The molecule has 5 nitrogen and oxygen atoms in total. The van der Waals surface area contributed by atoms with Gasteiger partial charge in [-0.2, -0.15) is 0 Å². The van der Waals surface area contributed by atoms with Crippen LogP contribution in [-0.2, 0) is 6.54 Å². The number of hydrogen-bond donors (Lipinski definition) is 1. The van der Waals surface area contributed by atoms with Gasteiger partial charge in [-0.15, -0.1) is 11.3 Å². The summed E-state index contributed by atoms with van der Waals surface area (Å²) in [6, 6.07) is 8.81. The van der Waals surface area contributed by atoms with Gasteiger partial charge in [0.05, 0.1) is 11.0 Å². The van der Waals surface area contributed by atoms with Crippen molar-refractivity contribution in [3.05, 3.63) is 55.9 Å². The summed E-state index contributed by atoms with van der Waals surface area (Å²) in [5, 5.41) is 21.9. The molecule has 21 heavy (non-hydrogen) atoms. The van der Waals surface area contributed by atoms with Gasteiger partial charge in [0.15, 0.2) is 5.00 Å². The third kappa shape index (κ3) is 3.53. The van der Waals surface area contributed by atoms with Gasteiger partial charge >= 0.3 is 5.69 Å². The monoisotopic (exact) mass is 326 g/mol. The maximum atomic E-state index is 11.2. The molecule has 0 saturated heterocycles. The number of anilines is 1. The number of rotatable bonds is 5. The Morgan fingerprint density at radius 2 is 2.14 bits per heavy atom. The lowest BCUT2D eigenvalue weighted by Crippen LogP contribution is -2.16. The molecule has 1 N–H and O–H groups in total. The van der Waals surface area contributed by atoms with E-state index >= 15 is 0 Å². The Kier molecular flexibility index (Phi) is 4.82. The van der Waals surface area contributed by atoms with Gasteiger partial charge in [-0.1, -0.05) is 29.8 Å². The lowest BCUT2D eigenvalue weighted by Gasteiger charge is -2.17. The minimum Gasteiger partial charge on any atom is -0.388 e. The molecule has 0 spiro atoms. The minimum absolute atomic E-state index is 0.00505. The van der Waals surface area contributed by atoms with Crippen LogP contribution < -0.4 is 4.90 Å². The predicted molar refractivity (Wildman–Crippen MR) is 85.2 cm³/mol. The SMILES string of the molecule is C[C@@H](O)c1cc([N+](=O)[O-])c(N(C)Cc2ccccc2Cl)s1. The van der Waals surface area contributed by atoms with Crippen molar-refractivity contribution in [2.75, 3.05) is 11.9 Å². The first kappa shape index (κ1) is 15.8. The van der Waals surface area contributed by atoms with E-state index in [9.17, 15) is 15.2 Å². The van der Waals surface area contributed by atoms with Gasteiger partial charge in [-0.3, -0.25) is 10.1 Å². The number of hydrogen-bond acceptors (Lipinski definition) is 5. The normalized spacial score (nSPS) is 12.2. The molecular weight excluding hydrogens is 312 g/mol. The molecule has 1 aromatic heterocycles. The van der Waals surface area contributed by atoms with E-state index in [0.717, 1.165) is 5.56 Å². The first-order chi connectivity index (χ1) is 9.90. The van der Waals surface area contributed by atoms with Crippen LogP contribution in [0.1, 0.15) is 23.5 Å². The maximum absolute atomic E-state index is 11.2. The number of benzene rings is 1. The van der Waals surface area contributed by atoms with Crippen LogP contribution in [0.3, 0.4) is 0 Å². The second kappa shape index (κ2) is 6.43. The van der Waals surface area contributed by atoms with Crippen LogP contribution in [0.2, 0.25) is 5.02 Å². The topological polar surface area (TPSA) is 66.6 Å².